The van der Waals surface area contributed by atoms with Gasteiger partial charge in [0, 0.05) is 36.4 Å². The van der Waals surface area contributed by atoms with Crippen LogP contribution < -0.4 is 10.6 Å². The average Bonchev–Trinajstić information content (AvgIpc) is 3.44. The van der Waals surface area contributed by atoms with Gasteiger partial charge in [0.05, 0.1) is 11.1 Å². The summed E-state index contributed by atoms with van der Waals surface area (Å²) in [5, 5.41) is 5.92. The van der Waals surface area contributed by atoms with E-state index in [1.807, 2.05) is 19.9 Å². The molecule has 0 bridgehead atoms. The summed E-state index contributed by atoms with van der Waals surface area (Å²) in [6.07, 6.45) is 5.27. The van der Waals surface area contributed by atoms with E-state index in [-0.39, 0.29) is 17.9 Å². The molecule has 6 heteroatoms. The molecule has 1 aliphatic rings. The first-order chi connectivity index (χ1) is 12.0. The molecule has 0 spiro atoms. The third kappa shape index (κ3) is 4.62. The van der Waals surface area contributed by atoms with Crippen molar-refractivity contribution in [2.75, 3.05) is 6.54 Å². The minimum atomic E-state index is -0.176. The summed E-state index contributed by atoms with van der Waals surface area (Å²) in [4.78, 5) is 32.9. The molecular formula is C19H22N4O2. The van der Waals surface area contributed by atoms with E-state index in [0.29, 0.717) is 23.6 Å². The molecule has 25 heavy (non-hydrogen) atoms. The summed E-state index contributed by atoms with van der Waals surface area (Å²) in [5.41, 5.74) is 2.79. The zero-order valence-electron chi connectivity index (χ0n) is 14.5. The van der Waals surface area contributed by atoms with Crippen molar-refractivity contribution in [1.29, 1.82) is 0 Å². The topological polar surface area (TPSA) is 84.0 Å². The molecule has 1 fully saturated rings. The number of nitrogens with one attached hydrogen (secondary N) is 2. The number of aryl methyl sites for hydroxylation is 2. The number of aromatic nitrogens is 2. The van der Waals surface area contributed by atoms with Crippen molar-refractivity contribution in [3.8, 4) is 0 Å². The number of amides is 2. The third-order valence-corrected chi connectivity index (χ3v) is 4.34. The lowest BCUT2D eigenvalue weighted by Gasteiger charge is -2.19. The van der Waals surface area contributed by atoms with Crippen LogP contribution in [-0.4, -0.2) is 34.4 Å². The average molecular weight is 338 g/mol. The monoisotopic (exact) mass is 338 g/mol. The maximum absolute atomic E-state index is 12.4. The predicted molar refractivity (Wildman–Crippen MR) is 94.3 cm³/mol. The molecule has 6 nitrogen and oxygen atoms in total. The van der Waals surface area contributed by atoms with Gasteiger partial charge < -0.3 is 10.6 Å². The Morgan fingerprint density at radius 1 is 1.00 bits per heavy atom. The number of carbonyl (C=O) groups is 2. The molecule has 1 saturated carbocycles. The predicted octanol–water partition coefficient (Wildman–Crippen LogP) is 2.03. The van der Waals surface area contributed by atoms with Gasteiger partial charge in [-0.3, -0.25) is 19.6 Å². The van der Waals surface area contributed by atoms with Crippen LogP contribution in [0.25, 0.3) is 0 Å². The van der Waals surface area contributed by atoms with Crippen molar-refractivity contribution in [3.63, 3.8) is 0 Å². The second-order valence-electron chi connectivity index (χ2n) is 6.50. The zero-order chi connectivity index (χ0) is 17.8. The second-order valence-corrected chi connectivity index (χ2v) is 6.50. The highest BCUT2D eigenvalue weighted by atomic mass is 16.2. The molecule has 2 amide bonds. The van der Waals surface area contributed by atoms with Crippen LogP contribution in [0.4, 0.5) is 0 Å². The number of carbonyl (C=O) groups excluding carboxylic acids is 2. The van der Waals surface area contributed by atoms with E-state index in [4.69, 9.17) is 0 Å². The molecular weight excluding hydrogens is 316 g/mol. The first-order valence-electron chi connectivity index (χ1n) is 8.47. The molecule has 0 unspecified atom stereocenters. The van der Waals surface area contributed by atoms with Crippen molar-refractivity contribution >= 4 is 11.8 Å². The Labute approximate surface area is 147 Å². The highest BCUT2D eigenvalue weighted by Gasteiger charge is 2.32. The Bertz CT molecular complexity index is 752. The molecule has 1 aliphatic carbocycles. The normalized spacial score (nSPS) is 14.6. The lowest BCUT2D eigenvalue weighted by Crippen LogP contribution is -2.45. The van der Waals surface area contributed by atoms with Gasteiger partial charge in [-0.05, 0) is 56.9 Å². The maximum atomic E-state index is 12.4. The molecule has 130 valence electrons. The number of pyridine rings is 2. The maximum Gasteiger partial charge on any atom is 0.253 e. The molecule has 2 aromatic rings. The van der Waals surface area contributed by atoms with Gasteiger partial charge in [-0.15, -0.1) is 0 Å². The van der Waals surface area contributed by atoms with E-state index in [9.17, 15) is 9.59 Å². The van der Waals surface area contributed by atoms with Crippen LogP contribution in [-0.2, 0) is 0 Å². The number of hydrogen-bond acceptors (Lipinski definition) is 4. The fraction of sp³-hybridized carbons (Fsp3) is 0.368. The third-order valence-electron chi connectivity index (χ3n) is 4.34. The Hall–Kier alpha value is -2.76. The smallest absolute Gasteiger partial charge is 0.253 e. The molecule has 1 atom stereocenters. The summed E-state index contributed by atoms with van der Waals surface area (Å²) in [6.45, 7) is 4.16. The summed E-state index contributed by atoms with van der Waals surface area (Å²) >= 11 is 0. The molecule has 0 radical (unpaired) electrons. The van der Waals surface area contributed by atoms with E-state index >= 15 is 0 Å². The molecule has 2 aromatic heterocycles. The fourth-order valence-electron chi connectivity index (χ4n) is 2.59. The number of rotatable bonds is 6. The van der Waals surface area contributed by atoms with Crippen molar-refractivity contribution < 1.29 is 9.59 Å². The highest BCUT2D eigenvalue weighted by molar-refractivity contribution is 5.95. The zero-order valence-corrected chi connectivity index (χ0v) is 14.5. The molecule has 0 aliphatic heterocycles. The number of hydrogen-bond donors (Lipinski definition) is 2. The van der Waals surface area contributed by atoms with Crippen molar-refractivity contribution in [2.45, 2.75) is 32.7 Å². The minimum Gasteiger partial charge on any atom is -0.350 e. The van der Waals surface area contributed by atoms with Gasteiger partial charge in [-0.25, -0.2) is 0 Å². The second kappa shape index (κ2) is 7.42. The molecule has 3 rings (SSSR count). The van der Waals surface area contributed by atoms with Gasteiger partial charge in [-0.2, -0.15) is 0 Å². The summed E-state index contributed by atoms with van der Waals surface area (Å²) in [7, 11) is 0. The fourth-order valence-corrected chi connectivity index (χ4v) is 2.59. The van der Waals surface area contributed by atoms with E-state index in [1.54, 1.807) is 30.6 Å². The van der Waals surface area contributed by atoms with Crippen LogP contribution in [0.3, 0.4) is 0 Å². The van der Waals surface area contributed by atoms with E-state index < -0.39 is 0 Å². The van der Waals surface area contributed by atoms with Gasteiger partial charge in [-0.1, -0.05) is 0 Å². The Morgan fingerprint density at radius 2 is 1.56 bits per heavy atom. The highest BCUT2D eigenvalue weighted by Crippen LogP contribution is 2.32. The van der Waals surface area contributed by atoms with Gasteiger partial charge in [0.15, 0.2) is 0 Å². The van der Waals surface area contributed by atoms with Crippen LogP contribution in [0, 0.1) is 19.8 Å². The van der Waals surface area contributed by atoms with Gasteiger partial charge >= 0.3 is 0 Å². The summed E-state index contributed by atoms with van der Waals surface area (Å²) < 4.78 is 0. The largest absolute Gasteiger partial charge is 0.350 e. The SMILES string of the molecule is Cc1ccc(C(=O)NC[C@H](NC(=O)c2ccc(C)nc2)C2CC2)cn1. The van der Waals surface area contributed by atoms with Crippen LogP contribution in [0.15, 0.2) is 36.7 Å². The standard InChI is InChI=1S/C19H22N4O2/c1-12-3-5-15(9-20-12)18(24)22-11-17(14-7-8-14)23-19(25)16-6-4-13(2)21-10-16/h3-6,9-10,14,17H,7-8,11H2,1-2H3,(H,22,24)(H,23,25)/t17-/m0/s1. The van der Waals surface area contributed by atoms with Crippen LogP contribution in [0.2, 0.25) is 0 Å². The van der Waals surface area contributed by atoms with Crippen LogP contribution in [0.1, 0.15) is 44.9 Å². The molecule has 2 heterocycles. The molecule has 2 N–H and O–H groups in total. The first kappa shape index (κ1) is 17.1. The number of nitrogens with zero attached hydrogens (tertiary/aromatic N) is 2. The summed E-state index contributed by atoms with van der Waals surface area (Å²) in [5.74, 6) is 0.0823. The Balaban J connectivity index is 1.58. The van der Waals surface area contributed by atoms with Gasteiger partial charge in [0.1, 0.15) is 0 Å². The van der Waals surface area contributed by atoms with E-state index in [0.717, 1.165) is 24.2 Å². The van der Waals surface area contributed by atoms with E-state index in [1.165, 1.54) is 0 Å². The first-order valence-corrected chi connectivity index (χ1v) is 8.47. The van der Waals surface area contributed by atoms with Crippen molar-refractivity contribution in [1.82, 2.24) is 20.6 Å². The van der Waals surface area contributed by atoms with Crippen LogP contribution >= 0.6 is 0 Å². The summed E-state index contributed by atoms with van der Waals surface area (Å²) in [6, 6.07) is 7.06. The quantitative estimate of drug-likeness (QED) is 0.844. The Morgan fingerprint density at radius 3 is 2.04 bits per heavy atom. The Kier molecular flexibility index (Phi) is 5.07. The minimum absolute atomic E-state index is 0.0730. The molecule has 0 aromatic carbocycles. The van der Waals surface area contributed by atoms with Crippen molar-refractivity contribution in [2.24, 2.45) is 5.92 Å². The lowest BCUT2D eigenvalue weighted by atomic mass is 10.1. The van der Waals surface area contributed by atoms with Crippen molar-refractivity contribution in [3.05, 3.63) is 59.2 Å². The van der Waals surface area contributed by atoms with Crippen LogP contribution in [0.5, 0.6) is 0 Å². The van der Waals surface area contributed by atoms with Gasteiger partial charge in [0.25, 0.3) is 11.8 Å². The van der Waals surface area contributed by atoms with E-state index in [2.05, 4.69) is 20.6 Å². The van der Waals surface area contributed by atoms with Gasteiger partial charge in [0.2, 0.25) is 0 Å². The lowest BCUT2D eigenvalue weighted by molar-refractivity contribution is 0.0903. The molecule has 0 saturated heterocycles.